The minimum absolute atomic E-state index is 0.166. The fourth-order valence-electron chi connectivity index (χ4n) is 2.97. The number of thiazole rings is 1. The molecule has 0 radical (unpaired) electrons. The second kappa shape index (κ2) is 10.9. The number of hydroxylamine groups is 1. The Morgan fingerprint density at radius 3 is 2.58 bits per heavy atom. The van der Waals surface area contributed by atoms with Crippen molar-refractivity contribution >= 4 is 51.5 Å². The molecule has 0 bridgehead atoms. The minimum Gasteiger partial charge on any atom is -0.497 e. The summed E-state index contributed by atoms with van der Waals surface area (Å²) in [5.74, 6) is -3.58. The number of pyridine rings is 1. The summed E-state index contributed by atoms with van der Waals surface area (Å²) < 4.78 is 44.1. The monoisotopic (exact) mass is 542 g/mol. The maximum absolute atomic E-state index is 13.1. The maximum atomic E-state index is 13.1. The molecule has 3 aromatic rings. The zero-order valence-corrected chi connectivity index (χ0v) is 20.5. The molecule has 2 heterocycles. The van der Waals surface area contributed by atoms with Crippen LogP contribution in [0.15, 0.2) is 36.5 Å². The van der Waals surface area contributed by atoms with E-state index in [2.05, 4.69) is 20.1 Å². The summed E-state index contributed by atoms with van der Waals surface area (Å²) in [6.07, 6.45) is -4.52. The number of rotatable bonds is 6. The van der Waals surface area contributed by atoms with Gasteiger partial charge in [0.05, 0.1) is 24.1 Å². The van der Waals surface area contributed by atoms with Crippen molar-refractivity contribution in [3.05, 3.63) is 52.9 Å². The van der Waals surface area contributed by atoms with Crippen molar-refractivity contribution < 1.29 is 37.1 Å². The molecule has 3 rings (SSSR count). The van der Waals surface area contributed by atoms with Gasteiger partial charge in [0.1, 0.15) is 11.4 Å². The lowest BCUT2D eigenvalue weighted by Crippen LogP contribution is -2.39. The summed E-state index contributed by atoms with van der Waals surface area (Å²) in [6.45, 7) is 2.94. The van der Waals surface area contributed by atoms with Crippen molar-refractivity contribution in [3.8, 4) is 16.2 Å². The predicted octanol–water partition coefficient (Wildman–Crippen LogP) is 4.73. The Morgan fingerprint density at radius 1 is 1.22 bits per heavy atom. The van der Waals surface area contributed by atoms with E-state index in [-0.39, 0.29) is 16.1 Å². The van der Waals surface area contributed by atoms with Gasteiger partial charge < -0.3 is 14.9 Å². The number of ether oxygens (including phenoxy) is 1. The molecule has 0 saturated carbocycles. The third-order valence-corrected chi connectivity index (χ3v) is 5.92. The van der Waals surface area contributed by atoms with E-state index >= 15 is 0 Å². The summed E-state index contributed by atoms with van der Waals surface area (Å²) in [7, 11) is 1.41. The summed E-state index contributed by atoms with van der Waals surface area (Å²) >= 11 is 7.19. The third-order valence-electron chi connectivity index (χ3n) is 4.50. The van der Waals surface area contributed by atoms with Crippen LogP contribution in [0.2, 0.25) is 5.15 Å². The number of benzene rings is 1. The Kier molecular flexibility index (Phi) is 8.15. The van der Waals surface area contributed by atoms with Crippen molar-refractivity contribution in [1.29, 1.82) is 0 Å². The molecule has 0 aliphatic heterocycles. The van der Waals surface area contributed by atoms with Crippen LogP contribution in [-0.2, 0) is 25.6 Å². The molecular weight excluding hydrogens is 525 g/mol. The number of anilines is 2. The fraction of sp³-hybridized carbons (Fsp3) is 0.227. The van der Waals surface area contributed by atoms with Crippen LogP contribution >= 0.6 is 22.9 Å². The van der Waals surface area contributed by atoms with E-state index in [1.807, 2.05) is 0 Å². The number of hydrogen-bond donors (Lipinski definition) is 1. The standard InChI is InChI=1S/C22H18ClF3N4O5S/c1-11-18(36-21(28-11)29-12(2)31)14-9-16(19(23)27-10-14)30(35-20(33)22(24,25)26)17(32)8-13-5-4-6-15(7-13)34-3/h4-7,9-10H,8H2,1-3H3,(H,28,29,31). The van der Waals surface area contributed by atoms with Crippen LogP contribution in [0.25, 0.3) is 10.4 Å². The SMILES string of the molecule is COc1cccc(CC(=O)N(OC(=O)C(F)(F)F)c2cc(-c3sc(NC(C)=O)nc3C)cnc2Cl)c1. The Bertz CT molecular complexity index is 1320. The summed E-state index contributed by atoms with van der Waals surface area (Å²) in [5.41, 5.74) is 0.767. The third kappa shape index (κ3) is 6.49. The highest BCUT2D eigenvalue weighted by molar-refractivity contribution is 7.19. The molecule has 0 unspecified atom stereocenters. The van der Waals surface area contributed by atoms with Crippen LogP contribution in [0.5, 0.6) is 5.75 Å². The average molecular weight is 543 g/mol. The van der Waals surface area contributed by atoms with Gasteiger partial charge in [0.2, 0.25) is 5.91 Å². The van der Waals surface area contributed by atoms with Crippen molar-refractivity contribution in [3.63, 3.8) is 0 Å². The number of hydrogen-bond acceptors (Lipinski definition) is 8. The molecule has 0 spiro atoms. The van der Waals surface area contributed by atoms with Gasteiger partial charge in [-0.1, -0.05) is 35.1 Å². The van der Waals surface area contributed by atoms with Crippen molar-refractivity contribution in [2.24, 2.45) is 0 Å². The highest BCUT2D eigenvalue weighted by atomic mass is 35.5. The van der Waals surface area contributed by atoms with Crippen molar-refractivity contribution in [1.82, 2.24) is 9.97 Å². The summed E-state index contributed by atoms with van der Waals surface area (Å²) in [5, 5.41) is 2.59. The van der Waals surface area contributed by atoms with E-state index in [1.165, 1.54) is 32.4 Å². The van der Waals surface area contributed by atoms with E-state index in [0.29, 0.717) is 27.4 Å². The molecule has 9 nitrogen and oxygen atoms in total. The number of halogens is 4. The lowest BCUT2D eigenvalue weighted by Gasteiger charge is -2.23. The van der Waals surface area contributed by atoms with Crippen LogP contribution in [0, 0.1) is 6.92 Å². The fourth-order valence-corrected chi connectivity index (χ4v) is 4.14. The number of nitrogens with one attached hydrogen (secondary N) is 1. The first-order valence-electron chi connectivity index (χ1n) is 10.0. The number of alkyl halides is 3. The molecular formula is C22H18ClF3N4O5S. The minimum atomic E-state index is -5.38. The summed E-state index contributed by atoms with van der Waals surface area (Å²) in [6, 6.07) is 7.49. The van der Waals surface area contributed by atoms with Gasteiger partial charge in [0, 0.05) is 18.7 Å². The summed E-state index contributed by atoms with van der Waals surface area (Å²) in [4.78, 5) is 49.2. The first kappa shape index (κ1) is 26.9. The molecule has 14 heteroatoms. The molecule has 2 aromatic heterocycles. The van der Waals surface area contributed by atoms with Crippen molar-refractivity contribution in [2.45, 2.75) is 26.4 Å². The molecule has 1 N–H and O–H groups in total. The zero-order chi connectivity index (χ0) is 26.6. The van der Waals surface area contributed by atoms with Crippen LogP contribution in [-0.4, -0.2) is 41.0 Å². The van der Waals surface area contributed by atoms with Crippen LogP contribution in [0.1, 0.15) is 18.2 Å². The van der Waals surface area contributed by atoms with E-state index < -0.39 is 35.3 Å². The number of amides is 2. The highest BCUT2D eigenvalue weighted by Gasteiger charge is 2.44. The Morgan fingerprint density at radius 2 is 1.94 bits per heavy atom. The maximum Gasteiger partial charge on any atom is 0.493 e. The lowest BCUT2D eigenvalue weighted by molar-refractivity contribution is -0.201. The molecule has 1 aromatic carbocycles. The molecule has 0 saturated heterocycles. The quantitative estimate of drug-likeness (QED) is 0.354. The molecule has 0 fully saturated rings. The van der Waals surface area contributed by atoms with Gasteiger partial charge in [-0.3, -0.25) is 9.59 Å². The van der Waals surface area contributed by atoms with Crippen LogP contribution < -0.4 is 15.1 Å². The number of methoxy groups -OCH3 is 1. The van der Waals surface area contributed by atoms with Gasteiger partial charge in [-0.2, -0.15) is 13.2 Å². The van der Waals surface area contributed by atoms with Gasteiger partial charge in [0.15, 0.2) is 10.3 Å². The molecule has 0 aliphatic carbocycles. The normalized spacial score (nSPS) is 11.1. The number of nitrogens with zero attached hydrogens (tertiary/aromatic N) is 3. The van der Waals surface area contributed by atoms with Gasteiger partial charge in [-0.15, -0.1) is 5.06 Å². The molecule has 2 amide bonds. The van der Waals surface area contributed by atoms with Crippen LogP contribution in [0.4, 0.5) is 24.0 Å². The molecule has 0 atom stereocenters. The zero-order valence-electron chi connectivity index (χ0n) is 19.0. The number of aryl methyl sites for hydroxylation is 1. The Hall–Kier alpha value is -3.71. The smallest absolute Gasteiger partial charge is 0.493 e. The van der Waals surface area contributed by atoms with Crippen molar-refractivity contribution in [2.75, 3.05) is 17.5 Å². The van der Waals surface area contributed by atoms with E-state index in [1.54, 1.807) is 25.1 Å². The average Bonchev–Trinajstić information content (AvgIpc) is 3.16. The second-order valence-electron chi connectivity index (χ2n) is 7.24. The second-order valence-corrected chi connectivity index (χ2v) is 8.60. The van der Waals surface area contributed by atoms with Crippen LogP contribution in [0.3, 0.4) is 0 Å². The molecule has 0 aliphatic rings. The Labute approximate surface area is 211 Å². The topological polar surface area (TPSA) is 111 Å². The van der Waals surface area contributed by atoms with E-state index in [4.69, 9.17) is 16.3 Å². The number of aromatic nitrogens is 2. The highest BCUT2D eigenvalue weighted by Crippen LogP contribution is 2.37. The van der Waals surface area contributed by atoms with Gasteiger partial charge in [-0.05, 0) is 30.7 Å². The first-order valence-corrected chi connectivity index (χ1v) is 11.2. The predicted molar refractivity (Wildman–Crippen MR) is 126 cm³/mol. The lowest BCUT2D eigenvalue weighted by atomic mass is 10.1. The van der Waals surface area contributed by atoms with Gasteiger partial charge in [0.25, 0.3) is 5.91 Å². The molecule has 36 heavy (non-hydrogen) atoms. The largest absolute Gasteiger partial charge is 0.497 e. The number of carbonyl (C=O) groups excluding carboxylic acids is 3. The van der Waals surface area contributed by atoms with Gasteiger partial charge in [-0.25, -0.2) is 14.8 Å². The molecule has 190 valence electrons. The van der Waals surface area contributed by atoms with E-state index in [9.17, 15) is 27.6 Å². The first-order chi connectivity index (χ1) is 16.9. The Balaban J connectivity index is 2.03. The number of carbonyl (C=O) groups is 3. The van der Waals surface area contributed by atoms with Gasteiger partial charge >= 0.3 is 12.1 Å². The van der Waals surface area contributed by atoms with E-state index in [0.717, 1.165) is 11.3 Å².